The van der Waals surface area contributed by atoms with Crippen molar-refractivity contribution in [1.82, 2.24) is 10.2 Å². The second kappa shape index (κ2) is 4.82. The number of hydrogen-bond acceptors (Lipinski definition) is 6. The van der Waals surface area contributed by atoms with E-state index >= 15 is 0 Å². The normalized spacial score (nSPS) is 10.1. The van der Waals surface area contributed by atoms with Crippen molar-refractivity contribution in [3.8, 4) is 5.75 Å². The first-order valence-electron chi connectivity index (χ1n) is 4.46. The van der Waals surface area contributed by atoms with E-state index in [1.165, 1.54) is 0 Å². The monoisotopic (exact) mass is 240 g/mol. The molecule has 0 aliphatic rings. The summed E-state index contributed by atoms with van der Waals surface area (Å²) in [5.74, 6) is 5.96. The van der Waals surface area contributed by atoms with Gasteiger partial charge in [-0.1, -0.05) is 28.8 Å². The first kappa shape index (κ1) is 10.7. The molecule has 2 rings (SSSR count). The Hall–Kier alpha value is -1.79. The zero-order chi connectivity index (χ0) is 11.4. The van der Waals surface area contributed by atoms with Crippen LogP contribution in [0.3, 0.4) is 0 Å². The molecule has 1 aromatic heterocycles. The molecule has 84 valence electrons. The molecule has 0 aliphatic heterocycles. The fourth-order valence-electron chi connectivity index (χ4n) is 1.07. The minimum Gasteiger partial charge on any atom is -0.482 e. The van der Waals surface area contributed by atoms with Crippen LogP contribution >= 0.6 is 11.6 Å². The molecule has 0 saturated heterocycles. The van der Waals surface area contributed by atoms with Crippen LogP contribution in [-0.4, -0.2) is 10.2 Å². The average Bonchev–Trinajstić information content (AvgIpc) is 2.76. The van der Waals surface area contributed by atoms with Gasteiger partial charge in [-0.3, -0.25) is 5.43 Å². The largest absolute Gasteiger partial charge is 0.482 e. The lowest BCUT2D eigenvalue weighted by atomic mass is 10.3. The molecule has 0 spiro atoms. The van der Waals surface area contributed by atoms with E-state index in [1.807, 2.05) is 12.1 Å². The van der Waals surface area contributed by atoms with Gasteiger partial charge in [0.1, 0.15) is 5.75 Å². The summed E-state index contributed by atoms with van der Waals surface area (Å²) in [7, 11) is 0. The molecule has 0 aliphatic carbocycles. The van der Waals surface area contributed by atoms with Gasteiger partial charge in [-0.15, -0.1) is 5.10 Å². The van der Waals surface area contributed by atoms with E-state index in [-0.39, 0.29) is 12.6 Å². The molecule has 0 atom stereocenters. The number of nitrogen functional groups attached to an aromatic ring is 1. The van der Waals surface area contributed by atoms with Crippen molar-refractivity contribution in [2.75, 3.05) is 5.43 Å². The smallest absolute Gasteiger partial charge is 0.330 e. The highest BCUT2D eigenvalue weighted by Crippen LogP contribution is 2.23. The summed E-state index contributed by atoms with van der Waals surface area (Å²) in [5.41, 5.74) is 2.24. The molecular weight excluding hydrogens is 232 g/mol. The topological polar surface area (TPSA) is 86.2 Å². The van der Waals surface area contributed by atoms with Gasteiger partial charge in [0.05, 0.1) is 5.02 Å². The number of benzene rings is 1. The maximum atomic E-state index is 5.90. The first-order valence-corrected chi connectivity index (χ1v) is 4.83. The molecule has 1 aromatic carbocycles. The minimum absolute atomic E-state index is 0.137. The van der Waals surface area contributed by atoms with Crippen LogP contribution in [0, 0.1) is 0 Å². The van der Waals surface area contributed by atoms with E-state index in [1.54, 1.807) is 12.1 Å². The summed E-state index contributed by atoms with van der Waals surface area (Å²) in [6, 6.07) is 7.26. The highest BCUT2D eigenvalue weighted by atomic mass is 35.5. The molecule has 0 amide bonds. The molecule has 3 N–H and O–H groups in total. The van der Waals surface area contributed by atoms with Crippen molar-refractivity contribution in [2.24, 2.45) is 5.84 Å². The molecule has 0 saturated carbocycles. The number of anilines is 1. The van der Waals surface area contributed by atoms with Crippen molar-refractivity contribution in [3.05, 3.63) is 35.2 Å². The number of aromatic nitrogens is 2. The average molecular weight is 241 g/mol. The lowest BCUT2D eigenvalue weighted by Gasteiger charge is -2.04. The summed E-state index contributed by atoms with van der Waals surface area (Å²) in [5, 5.41) is 7.84. The first-order chi connectivity index (χ1) is 7.79. The predicted octanol–water partition coefficient (Wildman–Crippen LogP) is 1.59. The van der Waals surface area contributed by atoms with Gasteiger partial charge in [0.2, 0.25) is 0 Å². The highest BCUT2D eigenvalue weighted by Gasteiger charge is 2.06. The summed E-state index contributed by atoms with van der Waals surface area (Å²) in [4.78, 5) is 0. The highest BCUT2D eigenvalue weighted by molar-refractivity contribution is 6.32. The number of para-hydroxylation sites is 1. The Balaban J connectivity index is 1.99. The summed E-state index contributed by atoms with van der Waals surface area (Å²) < 4.78 is 10.5. The Bertz CT molecular complexity index is 474. The fraction of sp³-hybridized carbons (Fsp3) is 0.111. The second-order valence-corrected chi connectivity index (χ2v) is 3.27. The van der Waals surface area contributed by atoms with Crippen molar-refractivity contribution in [2.45, 2.75) is 6.61 Å². The minimum atomic E-state index is 0.137. The molecule has 0 bridgehead atoms. The maximum absolute atomic E-state index is 5.90. The van der Waals surface area contributed by atoms with E-state index in [4.69, 9.17) is 26.6 Å². The third kappa shape index (κ3) is 2.41. The Morgan fingerprint density at radius 3 is 2.88 bits per heavy atom. The van der Waals surface area contributed by atoms with Gasteiger partial charge in [-0.25, -0.2) is 5.84 Å². The van der Waals surface area contributed by atoms with Crippen LogP contribution in [0.25, 0.3) is 0 Å². The van der Waals surface area contributed by atoms with E-state index in [9.17, 15) is 0 Å². The second-order valence-electron chi connectivity index (χ2n) is 2.86. The lowest BCUT2D eigenvalue weighted by Crippen LogP contribution is -2.06. The van der Waals surface area contributed by atoms with Crippen LogP contribution in [0.2, 0.25) is 5.02 Å². The van der Waals surface area contributed by atoms with Crippen LogP contribution in [0.15, 0.2) is 28.7 Å². The van der Waals surface area contributed by atoms with Gasteiger partial charge < -0.3 is 9.15 Å². The Kier molecular flexibility index (Phi) is 3.23. The zero-order valence-electron chi connectivity index (χ0n) is 8.18. The van der Waals surface area contributed by atoms with Gasteiger partial charge in [-0.2, -0.15) is 0 Å². The molecule has 16 heavy (non-hydrogen) atoms. The maximum Gasteiger partial charge on any atom is 0.330 e. The van der Waals surface area contributed by atoms with Crippen molar-refractivity contribution < 1.29 is 9.15 Å². The summed E-state index contributed by atoms with van der Waals surface area (Å²) in [6.07, 6.45) is 0. The Morgan fingerprint density at radius 2 is 2.19 bits per heavy atom. The molecule has 1 heterocycles. The molecule has 0 radical (unpaired) electrons. The molecule has 0 unspecified atom stereocenters. The number of ether oxygens (including phenoxy) is 1. The Morgan fingerprint density at radius 1 is 1.38 bits per heavy atom. The van der Waals surface area contributed by atoms with Crippen molar-refractivity contribution >= 4 is 17.6 Å². The molecule has 2 aromatic rings. The van der Waals surface area contributed by atoms with Crippen LogP contribution in [0.5, 0.6) is 5.75 Å². The molecule has 0 fully saturated rings. The standard InChI is InChI=1S/C9H9ClN4O2/c10-6-3-1-2-4-7(6)15-5-8-13-14-9(12-11)16-8/h1-4H,5,11H2,(H,12,14). The van der Waals surface area contributed by atoms with Gasteiger partial charge in [0.25, 0.3) is 5.89 Å². The van der Waals surface area contributed by atoms with Gasteiger partial charge in [0, 0.05) is 0 Å². The third-order valence-electron chi connectivity index (χ3n) is 1.78. The van der Waals surface area contributed by atoms with Gasteiger partial charge in [0.15, 0.2) is 6.61 Å². The third-order valence-corrected chi connectivity index (χ3v) is 2.09. The number of nitrogens with two attached hydrogens (primary N) is 1. The van der Waals surface area contributed by atoms with E-state index in [0.717, 1.165) is 0 Å². The van der Waals surface area contributed by atoms with Gasteiger partial charge >= 0.3 is 6.01 Å². The number of hydrazine groups is 1. The van der Waals surface area contributed by atoms with Crippen molar-refractivity contribution in [1.29, 1.82) is 0 Å². The van der Waals surface area contributed by atoms with E-state index in [0.29, 0.717) is 16.7 Å². The van der Waals surface area contributed by atoms with Crippen LogP contribution in [-0.2, 0) is 6.61 Å². The molecule has 7 heteroatoms. The quantitative estimate of drug-likeness (QED) is 0.623. The number of nitrogens with one attached hydrogen (secondary N) is 1. The SMILES string of the molecule is NNc1nnc(COc2ccccc2Cl)o1. The summed E-state index contributed by atoms with van der Waals surface area (Å²) in [6.45, 7) is 0.137. The van der Waals surface area contributed by atoms with Crippen molar-refractivity contribution in [3.63, 3.8) is 0 Å². The molecule has 6 nitrogen and oxygen atoms in total. The van der Waals surface area contributed by atoms with Gasteiger partial charge in [-0.05, 0) is 12.1 Å². The molecular formula is C9H9ClN4O2. The van der Waals surface area contributed by atoms with E-state index in [2.05, 4.69) is 15.6 Å². The summed E-state index contributed by atoms with van der Waals surface area (Å²) >= 11 is 5.90. The number of nitrogens with zero attached hydrogens (tertiary/aromatic N) is 2. The number of halogens is 1. The zero-order valence-corrected chi connectivity index (χ0v) is 8.94. The van der Waals surface area contributed by atoms with Crippen LogP contribution < -0.4 is 16.0 Å². The predicted molar refractivity (Wildman–Crippen MR) is 57.9 cm³/mol. The van der Waals surface area contributed by atoms with E-state index < -0.39 is 0 Å². The van der Waals surface area contributed by atoms with Crippen LogP contribution in [0.1, 0.15) is 5.89 Å². The fourth-order valence-corrected chi connectivity index (χ4v) is 1.26. The number of rotatable bonds is 4. The van der Waals surface area contributed by atoms with Crippen LogP contribution in [0.4, 0.5) is 6.01 Å². The number of hydrogen-bond donors (Lipinski definition) is 2. The lowest BCUT2D eigenvalue weighted by molar-refractivity contribution is 0.265. The Labute approximate surface area is 96.3 Å².